The lowest BCUT2D eigenvalue weighted by Crippen LogP contribution is -2.26. The molecule has 0 saturated carbocycles. The second-order valence-electron chi connectivity index (χ2n) is 3.37. The highest BCUT2D eigenvalue weighted by atomic mass is 19.3. The molecule has 0 atom stereocenters. The smallest absolute Gasteiger partial charge is 0.365 e. The quantitative estimate of drug-likeness (QED) is 0.827. The summed E-state index contributed by atoms with van der Waals surface area (Å²) in [6, 6.07) is 6.08. The molecule has 1 heterocycles. The predicted octanol–water partition coefficient (Wildman–Crippen LogP) is 2.57. The van der Waals surface area contributed by atoms with Gasteiger partial charge in [-0.1, -0.05) is 12.1 Å². The summed E-state index contributed by atoms with van der Waals surface area (Å²) < 4.78 is 50.4. The monoisotopic (exact) mass is 245 g/mol. The standard InChI is InChI=1S/C10H7F4N3/c11-8(12)10(13,14)9-16-6-4-2-1-3-5(6)7(15)17-9/h1-4,8H,(H2,15,16,17). The van der Waals surface area contributed by atoms with Crippen molar-refractivity contribution in [2.75, 3.05) is 5.73 Å². The molecule has 1 aromatic heterocycles. The van der Waals surface area contributed by atoms with Crippen molar-refractivity contribution in [3.05, 3.63) is 30.1 Å². The van der Waals surface area contributed by atoms with Crippen molar-refractivity contribution < 1.29 is 17.6 Å². The van der Waals surface area contributed by atoms with Crippen molar-refractivity contribution in [1.82, 2.24) is 9.97 Å². The third-order valence-corrected chi connectivity index (χ3v) is 2.20. The van der Waals surface area contributed by atoms with Crippen LogP contribution in [-0.4, -0.2) is 16.4 Å². The van der Waals surface area contributed by atoms with E-state index in [1.807, 2.05) is 0 Å². The third kappa shape index (κ3) is 1.88. The van der Waals surface area contributed by atoms with Crippen LogP contribution in [0.3, 0.4) is 0 Å². The predicted molar refractivity (Wildman–Crippen MR) is 53.8 cm³/mol. The maximum atomic E-state index is 13.1. The van der Waals surface area contributed by atoms with Crippen LogP contribution in [0.25, 0.3) is 10.9 Å². The van der Waals surface area contributed by atoms with Gasteiger partial charge in [-0.15, -0.1) is 0 Å². The van der Waals surface area contributed by atoms with E-state index < -0.39 is 18.2 Å². The second-order valence-corrected chi connectivity index (χ2v) is 3.37. The number of para-hydroxylation sites is 1. The van der Waals surface area contributed by atoms with E-state index >= 15 is 0 Å². The average Bonchev–Trinajstić information content (AvgIpc) is 2.28. The van der Waals surface area contributed by atoms with Crippen LogP contribution in [0.5, 0.6) is 0 Å². The summed E-state index contributed by atoms with van der Waals surface area (Å²) in [6.07, 6.45) is -3.87. The van der Waals surface area contributed by atoms with Gasteiger partial charge in [0.05, 0.1) is 5.52 Å². The van der Waals surface area contributed by atoms with Gasteiger partial charge in [0, 0.05) is 5.39 Å². The number of nitrogen functional groups attached to an aromatic ring is 1. The summed E-state index contributed by atoms with van der Waals surface area (Å²) >= 11 is 0. The van der Waals surface area contributed by atoms with Gasteiger partial charge in [-0.3, -0.25) is 0 Å². The van der Waals surface area contributed by atoms with Crippen LogP contribution >= 0.6 is 0 Å². The molecular formula is C10H7F4N3. The molecule has 0 aliphatic carbocycles. The molecule has 0 amide bonds. The maximum Gasteiger partial charge on any atom is 0.365 e. The van der Waals surface area contributed by atoms with Crippen molar-refractivity contribution in [1.29, 1.82) is 0 Å². The Morgan fingerprint density at radius 2 is 1.76 bits per heavy atom. The fourth-order valence-electron chi connectivity index (χ4n) is 1.35. The van der Waals surface area contributed by atoms with Crippen LogP contribution in [-0.2, 0) is 5.92 Å². The number of rotatable bonds is 2. The van der Waals surface area contributed by atoms with E-state index in [0.29, 0.717) is 5.39 Å². The van der Waals surface area contributed by atoms with E-state index in [-0.39, 0.29) is 11.3 Å². The Morgan fingerprint density at radius 3 is 2.41 bits per heavy atom. The molecular weight excluding hydrogens is 238 g/mol. The number of fused-ring (bicyclic) bond motifs is 1. The highest BCUT2D eigenvalue weighted by molar-refractivity contribution is 5.87. The van der Waals surface area contributed by atoms with Gasteiger partial charge >= 0.3 is 12.3 Å². The Kier molecular flexibility index (Phi) is 2.60. The molecule has 7 heteroatoms. The fourth-order valence-corrected chi connectivity index (χ4v) is 1.35. The zero-order valence-electron chi connectivity index (χ0n) is 8.37. The summed E-state index contributed by atoms with van der Waals surface area (Å²) in [5, 5.41) is 0.348. The first-order valence-corrected chi connectivity index (χ1v) is 4.61. The lowest BCUT2D eigenvalue weighted by Gasteiger charge is -2.14. The zero-order chi connectivity index (χ0) is 12.6. The van der Waals surface area contributed by atoms with Crippen LogP contribution < -0.4 is 5.73 Å². The van der Waals surface area contributed by atoms with Crippen molar-refractivity contribution in [2.45, 2.75) is 12.3 Å². The normalized spacial score (nSPS) is 12.3. The van der Waals surface area contributed by atoms with E-state index in [4.69, 9.17) is 5.73 Å². The molecule has 2 aromatic rings. The second kappa shape index (κ2) is 3.83. The van der Waals surface area contributed by atoms with Crippen LogP contribution in [0.4, 0.5) is 23.4 Å². The van der Waals surface area contributed by atoms with E-state index in [0.717, 1.165) is 0 Å². The minimum atomic E-state index is -4.40. The van der Waals surface area contributed by atoms with Crippen molar-refractivity contribution in [3.8, 4) is 0 Å². The van der Waals surface area contributed by atoms with Crippen molar-refractivity contribution in [2.24, 2.45) is 0 Å². The summed E-state index contributed by atoms with van der Waals surface area (Å²) in [5.41, 5.74) is 5.53. The molecule has 0 radical (unpaired) electrons. The summed E-state index contributed by atoms with van der Waals surface area (Å²) in [7, 11) is 0. The minimum absolute atomic E-state index is 0.107. The Balaban J connectivity index is 2.65. The van der Waals surface area contributed by atoms with E-state index in [9.17, 15) is 17.6 Å². The Labute approximate surface area is 93.3 Å². The van der Waals surface area contributed by atoms with Gasteiger partial charge < -0.3 is 5.73 Å². The van der Waals surface area contributed by atoms with Crippen LogP contribution in [0.15, 0.2) is 24.3 Å². The number of hydrogen-bond donors (Lipinski definition) is 1. The highest BCUT2D eigenvalue weighted by Gasteiger charge is 2.46. The molecule has 0 saturated heterocycles. The van der Waals surface area contributed by atoms with Crippen LogP contribution in [0.1, 0.15) is 5.82 Å². The molecule has 0 bridgehead atoms. The zero-order valence-corrected chi connectivity index (χ0v) is 8.37. The minimum Gasteiger partial charge on any atom is -0.383 e. The van der Waals surface area contributed by atoms with Crippen LogP contribution in [0.2, 0.25) is 0 Å². The number of anilines is 1. The van der Waals surface area contributed by atoms with E-state index in [1.54, 1.807) is 12.1 Å². The SMILES string of the molecule is Nc1nc(C(F)(F)C(F)F)nc2ccccc12. The Bertz CT molecular complexity index is 556. The molecule has 0 fully saturated rings. The lowest BCUT2D eigenvalue weighted by molar-refractivity contribution is -0.140. The van der Waals surface area contributed by atoms with Gasteiger partial charge in [0.1, 0.15) is 5.82 Å². The molecule has 0 spiro atoms. The lowest BCUT2D eigenvalue weighted by atomic mass is 10.2. The molecule has 0 unspecified atom stereocenters. The third-order valence-electron chi connectivity index (χ3n) is 2.20. The maximum absolute atomic E-state index is 13.1. The van der Waals surface area contributed by atoms with E-state index in [2.05, 4.69) is 9.97 Å². The fraction of sp³-hybridized carbons (Fsp3) is 0.200. The van der Waals surface area contributed by atoms with Gasteiger partial charge in [-0.25, -0.2) is 18.7 Å². The molecule has 90 valence electrons. The number of nitrogens with two attached hydrogens (primary N) is 1. The first kappa shape index (κ1) is 11.6. The first-order valence-electron chi connectivity index (χ1n) is 4.61. The summed E-state index contributed by atoms with van der Waals surface area (Å²) in [6.45, 7) is 0. The number of benzene rings is 1. The van der Waals surface area contributed by atoms with Gasteiger partial charge in [-0.2, -0.15) is 8.78 Å². The highest BCUT2D eigenvalue weighted by Crippen LogP contribution is 2.33. The van der Waals surface area contributed by atoms with E-state index in [1.165, 1.54) is 12.1 Å². The Morgan fingerprint density at radius 1 is 1.12 bits per heavy atom. The molecule has 17 heavy (non-hydrogen) atoms. The molecule has 0 aliphatic rings. The molecule has 1 aromatic carbocycles. The number of nitrogens with zero attached hydrogens (tertiary/aromatic N) is 2. The van der Waals surface area contributed by atoms with Crippen molar-refractivity contribution >= 4 is 16.7 Å². The largest absolute Gasteiger partial charge is 0.383 e. The summed E-state index contributed by atoms with van der Waals surface area (Å²) in [4.78, 5) is 6.64. The van der Waals surface area contributed by atoms with Crippen molar-refractivity contribution in [3.63, 3.8) is 0 Å². The number of halogens is 4. The Hall–Kier alpha value is -1.92. The average molecular weight is 245 g/mol. The molecule has 2 N–H and O–H groups in total. The molecule has 0 aliphatic heterocycles. The van der Waals surface area contributed by atoms with Crippen LogP contribution in [0, 0.1) is 0 Å². The molecule has 3 nitrogen and oxygen atoms in total. The molecule has 2 rings (SSSR count). The van der Waals surface area contributed by atoms with Gasteiger partial charge in [-0.05, 0) is 12.1 Å². The number of hydrogen-bond acceptors (Lipinski definition) is 3. The number of alkyl halides is 4. The van der Waals surface area contributed by atoms with Gasteiger partial charge in [0.15, 0.2) is 0 Å². The topological polar surface area (TPSA) is 51.8 Å². The van der Waals surface area contributed by atoms with Gasteiger partial charge in [0.25, 0.3) is 0 Å². The number of aromatic nitrogens is 2. The summed E-state index contributed by atoms with van der Waals surface area (Å²) in [5.74, 6) is -5.91. The first-order chi connectivity index (χ1) is 7.93. The van der Waals surface area contributed by atoms with Gasteiger partial charge in [0.2, 0.25) is 5.82 Å².